The summed E-state index contributed by atoms with van der Waals surface area (Å²) in [6.07, 6.45) is 10.3. The van der Waals surface area contributed by atoms with Gasteiger partial charge in [0.15, 0.2) is 0 Å². The van der Waals surface area contributed by atoms with Gasteiger partial charge in [-0.3, -0.25) is 0 Å². The van der Waals surface area contributed by atoms with E-state index in [4.69, 9.17) is 0 Å². The van der Waals surface area contributed by atoms with Gasteiger partial charge in [0.1, 0.15) is 0 Å². The van der Waals surface area contributed by atoms with Crippen LogP contribution in [0.3, 0.4) is 0 Å². The molecule has 0 aliphatic heterocycles. The summed E-state index contributed by atoms with van der Waals surface area (Å²) in [6, 6.07) is 0. The fourth-order valence-corrected chi connectivity index (χ4v) is 2.17. The minimum atomic E-state index is 1.29. The first-order valence-corrected chi connectivity index (χ1v) is 5.63. The van der Waals surface area contributed by atoms with E-state index in [-0.39, 0.29) is 0 Å². The van der Waals surface area contributed by atoms with Gasteiger partial charge in [-0.05, 0) is 57.1 Å². The molecule has 13 heavy (non-hydrogen) atoms. The first-order chi connectivity index (χ1) is 6.29. The lowest BCUT2D eigenvalue weighted by Gasteiger charge is -2.08. The van der Waals surface area contributed by atoms with Gasteiger partial charge in [-0.25, -0.2) is 0 Å². The molecule has 74 valence electrons. The van der Waals surface area contributed by atoms with Crippen LogP contribution < -0.4 is 0 Å². The topological polar surface area (TPSA) is 0 Å². The van der Waals surface area contributed by atoms with E-state index in [2.05, 4.69) is 26.8 Å². The Morgan fingerprint density at radius 2 is 2.15 bits per heavy atom. The van der Waals surface area contributed by atoms with Crippen molar-refractivity contribution in [1.29, 1.82) is 0 Å². The second-order valence-corrected chi connectivity index (χ2v) is 4.03. The Balaban J connectivity index is 2.61. The molecular formula is C13H22. The summed E-state index contributed by atoms with van der Waals surface area (Å²) in [5.41, 5.74) is 4.94. The zero-order valence-corrected chi connectivity index (χ0v) is 9.32. The minimum absolute atomic E-state index is 1.29. The lowest BCUT2D eigenvalue weighted by atomic mass is 9.97. The summed E-state index contributed by atoms with van der Waals surface area (Å²) in [6.45, 7) is 6.75. The molecule has 0 heterocycles. The predicted octanol–water partition coefficient (Wildman–Crippen LogP) is 4.62. The quantitative estimate of drug-likeness (QED) is 0.589. The van der Waals surface area contributed by atoms with Crippen molar-refractivity contribution in [2.75, 3.05) is 0 Å². The maximum absolute atomic E-state index is 2.32. The number of hydrogen-bond acceptors (Lipinski definition) is 0. The molecule has 0 saturated heterocycles. The highest BCUT2D eigenvalue weighted by atomic mass is 14.2. The number of hydrogen-bond donors (Lipinski definition) is 0. The summed E-state index contributed by atoms with van der Waals surface area (Å²) in [4.78, 5) is 0. The van der Waals surface area contributed by atoms with Crippen molar-refractivity contribution in [3.8, 4) is 0 Å². The van der Waals surface area contributed by atoms with Crippen molar-refractivity contribution < 1.29 is 0 Å². The highest BCUT2D eigenvalue weighted by Gasteiger charge is 2.13. The van der Waals surface area contributed by atoms with Crippen molar-refractivity contribution in [1.82, 2.24) is 0 Å². The lowest BCUT2D eigenvalue weighted by Crippen LogP contribution is -1.89. The van der Waals surface area contributed by atoms with Gasteiger partial charge in [0, 0.05) is 0 Å². The number of allylic oxidation sites excluding steroid dienone is 4. The summed E-state index contributed by atoms with van der Waals surface area (Å²) < 4.78 is 0. The van der Waals surface area contributed by atoms with Crippen LogP contribution in [0.2, 0.25) is 0 Å². The minimum Gasteiger partial charge on any atom is -0.0842 e. The van der Waals surface area contributed by atoms with Crippen molar-refractivity contribution in [2.45, 2.75) is 59.3 Å². The largest absolute Gasteiger partial charge is 0.0842 e. The second-order valence-electron chi connectivity index (χ2n) is 4.03. The Kier molecular flexibility index (Phi) is 4.27. The van der Waals surface area contributed by atoms with E-state index in [0.717, 1.165) is 0 Å². The van der Waals surface area contributed by atoms with Gasteiger partial charge in [0.2, 0.25) is 0 Å². The molecule has 0 atom stereocenters. The van der Waals surface area contributed by atoms with Crippen LogP contribution in [0.4, 0.5) is 0 Å². The molecule has 0 fully saturated rings. The summed E-state index contributed by atoms with van der Waals surface area (Å²) in [7, 11) is 0. The van der Waals surface area contributed by atoms with Gasteiger partial charge >= 0.3 is 0 Å². The third-order valence-electron chi connectivity index (χ3n) is 3.03. The van der Waals surface area contributed by atoms with E-state index in [1.54, 1.807) is 16.7 Å². The fraction of sp³-hybridized carbons (Fsp3) is 0.692. The first-order valence-electron chi connectivity index (χ1n) is 5.63. The monoisotopic (exact) mass is 178 g/mol. The average Bonchev–Trinajstić information content (AvgIpc) is 2.54. The lowest BCUT2D eigenvalue weighted by molar-refractivity contribution is 0.782. The van der Waals surface area contributed by atoms with E-state index < -0.39 is 0 Å². The van der Waals surface area contributed by atoms with E-state index in [0.29, 0.717) is 0 Å². The van der Waals surface area contributed by atoms with Crippen LogP contribution in [0, 0.1) is 0 Å². The SMILES string of the molecule is C/C=C(/CCCC)C1=C(C)CCC1. The van der Waals surface area contributed by atoms with Crippen LogP contribution in [0.1, 0.15) is 59.3 Å². The molecule has 1 rings (SSSR count). The molecule has 1 aliphatic rings. The van der Waals surface area contributed by atoms with Gasteiger partial charge in [-0.1, -0.05) is 25.0 Å². The van der Waals surface area contributed by atoms with Gasteiger partial charge in [0.05, 0.1) is 0 Å². The third-order valence-corrected chi connectivity index (χ3v) is 3.03. The second kappa shape index (κ2) is 5.26. The Morgan fingerprint density at radius 3 is 2.62 bits per heavy atom. The van der Waals surface area contributed by atoms with Crippen molar-refractivity contribution in [2.24, 2.45) is 0 Å². The Hall–Kier alpha value is -0.520. The van der Waals surface area contributed by atoms with Crippen LogP contribution in [0.25, 0.3) is 0 Å². The van der Waals surface area contributed by atoms with Gasteiger partial charge < -0.3 is 0 Å². The van der Waals surface area contributed by atoms with E-state index in [9.17, 15) is 0 Å². The standard InChI is InChI=1S/C13H22/c1-4-6-9-12(5-2)13-10-7-8-11(13)3/h5H,4,6-10H2,1-3H3/b12-5-. The van der Waals surface area contributed by atoms with Crippen molar-refractivity contribution in [3.05, 3.63) is 22.8 Å². The fourth-order valence-electron chi connectivity index (χ4n) is 2.17. The van der Waals surface area contributed by atoms with Crippen LogP contribution in [0.15, 0.2) is 22.8 Å². The third kappa shape index (κ3) is 2.72. The maximum atomic E-state index is 2.32. The molecule has 0 radical (unpaired) electrons. The van der Waals surface area contributed by atoms with Crippen LogP contribution >= 0.6 is 0 Å². The van der Waals surface area contributed by atoms with Crippen LogP contribution in [-0.2, 0) is 0 Å². The molecule has 0 bridgehead atoms. The van der Waals surface area contributed by atoms with E-state index in [1.165, 1.54) is 38.5 Å². The molecular weight excluding hydrogens is 156 g/mol. The smallest absolute Gasteiger partial charge is 0.0274 e. The van der Waals surface area contributed by atoms with Crippen molar-refractivity contribution in [3.63, 3.8) is 0 Å². The molecule has 1 aliphatic carbocycles. The summed E-state index contributed by atoms with van der Waals surface area (Å²) in [5, 5.41) is 0. The molecule has 0 amide bonds. The Labute approximate surface area is 82.7 Å². The van der Waals surface area contributed by atoms with Crippen LogP contribution in [0.5, 0.6) is 0 Å². The molecule has 0 unspecified atom stereocenters. The maximum Gasteiger partial charge on any atom is -0.0274 e. The highest BCUT2D eigenvalue weighted by Crippen LogP contribution is 2.32. The zero-order chi connectivity index (χ0) is 9.68. The van der Waals surface area contributed by atoms with Crippen molar-refractivity contribution >= 4 is 0 Å². The molecule has 0 saturated carbocycles. The summed E-state index contributed by atoms with van der Waals surface area (Å²) in [5.74, 6) is 0. The Bertz CT molecular complexity index is 218. The normalized spacial score (nSPS) is 18.5. The molecule has 0 aromatic carbocycles. The molecule has 0 N–H and O–H groups in total. The van der Waals surface area contributed by atoms with E-state index in [1.807, 2.05) is 0 Å². The number of unbranched alkanes of at least 4 members (excludes halogenated alkanes) is 1. The first kappa shape index (κ1) is 10.6. The zero-order valence-electron chi connectivity index (χ0n) is 9.32. The number of rotatable bonds is 4. The molecule has 0 aromatic heterocycles. The average molecular weight is 178 g/mol. The molecule has 0 nitrogen and oxygen atoms in total. The van der Waals surface area contributed by atoms with Gasteiger partial charge in [-0.2, -0.15) is 0 Å². The molecule has 0 spiro atoms. The highest BCUT2D eigenvalue weighted by molar-refractivity contribution is 5.37. The van der Waals surface area contributed by atoms with Crippen LogP contribution in [-0.4, -0.2) is 0 Å². The Morgan fingerprint density at radius 1 is 1.38 bits per heavy atom. The summed E-state index contributed by atoms with van der Waals surface area (Å²) >= 11 is 0. The molecule has 0 aromatic rings. The predicted molar refractivity (Wildman–Crippen MR) is 59.8 cm³/mol. The van der Waals surface area contributed by atoms with Gasteiger partial charge in [0.25, 0.3) is 0 Å². The van der Waals surface area contributed by atoms with Gasteiger partial charge in [-0.15, -0.1) is 0 Å². The molecule has 0 heteroatoms. The van der Waals surface area contributed by atoms with E-state index >= 15 is 0 Å².